The van der Waals surface area contributed by atoms with Gasteiger partial charge in [-0.25, -0.2) is 0 Å². The Balaban J connectivity index is 2.06. The number of nitrogen functional groups attached to an aromatic ring is 2. The number of rotatable bonds is 4. The van der Waals surface area contributed by atoms with Crippen LogP contribution in [0, 0.1) is 0 Å². The van der Waals surface area contributed by atoms with E-state index >= 15 is 0 Å². The third-order valence-electron chi connectivity index (χ3n) is 4.15. The quantitative estimate of drug-likeness (QED) is 0.787. The summed E-state index contributed by atoms with van der Waals surface area (Å²) in [5.74, 6) is 1.48. The van der Waals surface area contributed by atoms with Gasteiger partial charge >= 0.3 is 0 Å². The first kappa shape index (κ1) is 14.6. The van der Waals surface area contributed by atoms with Crippen molar-refractivity contribution in [2.45, 2.75) is 19.4 Å². The summed E-state index contributed by atoms with van der Waals surface area (Å²) in [6.07, 6.45) is 0.977. The molecule has 0 bridgehead atoms. The highest BCUT2D eigenvalue weighted by molar-refractivity contribution is 5.85. The van der Waals surface area contributed by atoms with Gasteiger partial charge in [-0.3, -0.25) is 0 Å². The van der Waals surface area contributed by atoms with Crippen molar-refractivity contribution in [3.63, 3.8) is 0 Å². The van der Waals surface area contributed by atoms with E-state index in [4.69, 9.17) is 11.5 Å². The summed E-state index contributed by atoms with van der Waals surface area (Å²) in [6, 6.07) is 8.82. The zero-order chi connectivity index (χ0) is 15.7. The fourth-order valence-electron chi connectivity index (χ4n) is 2.77. The third kappa shape index (κ3) is 2.57. The van der Waals surface area contributed by atoms with Crippen LogP contribution in [0.4, 0.5) is 17.6 Å². The number of nitrogens with one attached hydrogen (secondary N) is 1. The number of nitrogens with zero attached hydrogens (tertiary/aromatic N) is 3. The van der Waals surface area contributed by atoms with E-state index in [0.717, 1.165) is 36.5 Å². The third-order valence-corrected chi connectivity index (χ3v) is 4.15. The van der Waals surface area contributed by atoms with E-state index in [1.54, 1.807) is 0 Å². The predicted molar refractivity (Wildman–Crippen MR) is 90.7 cm³/mol. The number of benzene rings is 1. The van der Waals surface area contributed by atoms with Crippen molar-refractivity contribution in [3.8, 4) is 11.1 Å². The van der Waals surface area contributed by atoms with Crippen molar-refractivity contribution in [2.24, 2.45) is 0 Å². The van der Waals surface area contributed by atoms with Gasteiger partial charge in [0, 0.05) is 19.1 Å². The Labute approximate surface area is 130 Å². The summed E-state index contributed by atoms with van der Waals surface area (Å²) in [5, 5.41) is 3.26. The molecule has 6 heteroatoms. The summed E-state index contributed by atoms with van der Waals surface area (Å²) in [5.41, 5.74) is 15.1. The molecular weight excluding hydrogens is 276 g/mol. The first-order valence-corrected chi connectivity index (χ1v) is 7.57. The minimum atomic E-state index is 0.218. The maximum absolute atomic E-state index is 6.16. The second-order valence-electron chi connectivity index (χ2n) is 5.61. The lowest BCUT2D eigenvalue weighted by Crippen LogP contribution is -2.57. The Morgan fingerprint density at radius 1 is 1.27 bits per heavy atom. The number of hydrogen-bond acceptors (Lipinski definition) is 6. The van der Waals surface area contributed by atoms with E-state index in [1.165, 1.54) is 5.56 Å². The fraction of sp³-hybridized carbons (Fsp3) is 0.375. The molecule has 1 aromatic heterocycles. The average molecular weight is 298 g/mol. The van der Waals surface area contributed by atoms with E-state index in [2.05, 4.69) is 39.2 Å². The molecule has 22 heavy (non-hydrogen) atoms. The van der Waals surface area contributed by atoms with Crippen LogP contribution in [0.5, 0.6) is 0 Å². The van der Waals surface area contributed by atoms with Crippen molar-refractivity contribution in [1.82, 2.24) is 15.3 Å². The number of aromatic nitrogens is 2. The molecule has 1 aromatic carbocycles. The first-order valence-electron chi connectivity index (χ1n) is 7.57. The molecule has 0 aliphatic carbocycles. The molecule has 116 valence electrons. The summed E-state index contributed by atoms with van der Waals surface area (Å²) < 4.78 is 0. The lowest BCUT2D eigenvalue weighted by molar-refractivity contribution is 0.447. The number of likely N-dealkylation sites (N-methyl/N-ethyl adjacent to an activating group) is 1. The molecule has 1 aliphatic rings. The minimum Gasteiger partial charge on any atom is -0.383 e. The normalized spacial score (nSPS) is 14.9. The second kappa shape index (κ2) is 5.81. The van der Waals surface area contributed by atoms with E-state index in [-0.39, 0.29) is 5.95 Å². The van der Waals surface area contributed by atoms with E-state index in [0.29, 0.717) is 11.9 Å². The lowest BCUT2D eigenvalue weighted by Gasteiger charge is -2.40. The molecule has 1 saturated heterocycles. The van der Waals surface area contributed by atoms with Gasteiger partial charge < -0.3 is 21.7 Å². The molecule has 2 heterocycles. The summed E-state index contributed by atoms with van der Waals surface area (Å²) in [6.45, 7) is 3.93. The smallest absolute Gasteiger partial charge is 0.223 e. The molecule has 0 spiro atoms. The van der Waals surface area contributed by atoms with Crippen molar-refractivity contribution in [1.29, 1.82) is 0 Å². The molecule has 5 N–H and O–H groups in total. The van der Waals surface area contributed by atoms with Crippen LogP contribution in [0.1, 0.15) is 12.5 Å². The van der Waals surface area contributed by atoms with Crippen LogP contribution in [-0.4, -0.2) is 36.1 Å². The van der Waals surface area contributed by atoms with Crippen LogP contribution in [-0.2, 0) is 6.42 Å². The summed E-state index contributed by atoms with van der Waals surface area (Å²) in [7, 11) is 1.97. The minimum absolute atomic E-state index is 0.218. The van der Waals surface area contributed by atoms with Gasteiger partial charge in [-0.05, 0) is 24.6 Å². The van der Waals surface area contributed by atoms with Gasteiger partial charge in [0.05, 0.1) is 5.56 Å². The number of hydrogen-bond donors (Lipinski definition) is 3. The Kier molecular flexibility index (Phi) is 3.85. The van der Waals surface area contributed by atoms with Gasteiger partial charge in [0.2, 0.25) is 5.95 Å². The highest BCUT2D eigenvalue weighted by Gasteiger charge is 2.29. The Bertz CT molecular complexity index is 678. The summed E-state index contributed by atoms with van der Waals surface area (Å²) in [4.78, 5) is 10.8. The molecule has 6 nitrogen and oxygen atoms in total. The summed E-state index contributed by atoms with van der Waals surface area (Å²) >= 11 is 0. The molecule has 1 aliphatic heterocycles. The van der Waals surface area contributed by atoms with Gasteiger partial charge in [-0.1, -0.05) is 31.2 Å². The zero-order valence-electron chi connectivity index (χ0n) is 13.0. The molecule has 0 atom stereocenters. The molecule has 0 radical (unpaired) electrons. The highest BCUT2D eigenvalue weighted by atomic mass is 15.3. The maximum Gasteiger partial charge on any atom is 0.223 e. The standard InChI is InChI=1S/C16H22N6/c1-3-10-5-4-6-11(7-10)13-14(17)20-16(18)21-15(13)22-8-12(9-22)19-2/h4-7,12,19H,3,8-9H2,1-2H3,(H4,17,18,20,21). The SMILES string of the molecule is CCc1cccc(-c2c(N)nc(N)nc2N2CC(NC)C2)c1. The first-order chi connectivity index (χ1) is 10.6. The molecule has 0 saturated carbocycles. The van der Waals surface area contributed by atoms with Crippen molar-refractivity contribution in [2.75, 3.05) is 36.5 Å². The van der Waals surface area contributed by atoms with Gasteiger partial charge in [0.1, 0.15) is 11.6 Å². The van der Waals surface area contributed by atoms with E-state index in [9.17, 15) is 0 Å². The van der Waals surface area contributed by atoms with Gasteiger partial charge in [-0.2, -0.15) is 9.97 Å². The van der Waals surface area contributed by atoms with Crippen molar-refractivity contribution >= 4 is 17.6 Å². The topological polar surface area (TPSA) is 93.1 Å². The van der Waals surface area contributed by atoms with Crippen LogP contribution in [0.15, 0.2) is 24.3 Å². The molecule has 1 fully saturated rings. The largest absolute Gasteiger partial charge is 0.383 e. The van der Waals surface area contributed by atoms with Crippen LogP contribution in [0.25, 0.3) is 11.1 Å². The maximum atomic E-state index is 6.16. The van der Waals surface area contributed by atoms with Gasteiger partial charge in [0.25, 0.3) is 0 Å². The van der Waals surface area contributed by atoms with Crippen molar-refractivity contribution < 1.29 is 0 Å². The number of aryl methyl sites for hydroxylation is 1. The monoisotopic (exact) mass is 298 g/mol. The lowest BCUT2D eigenvalue weighted by atomic mass is 10.0. The molecule has 0 amide bonds. The second-order valence-corrected chi connectivity index (χ2v) is 5.61. The van der Waals surface area contributed by atoms with E-state index in [1.807, 2.05) is 19.2 Å². The molecular formula is C16H22N6. The Morgan fingerprint density at radius 3 is 2.73 bits per heavy atom. The van der Waals surface area contributed by atoms with Crippen molar-refractivity contribution in [3.05, 3.63) is 29.8 Å². The zero-order valence-corrected chi connectivity index (χ0v) is 13.0. The van der Waals surface area contributed by atoms with Crippen LogP contribution in [0.2, 0.25) is 0 Å². The number of nitrogens with two attached hydrogens (primary N) is 2. The number of anilines is 3. The van der Waals surface area contributed by atoms with Gasteiger partial charge in [0.15, 0.2) is 0 Å². The molecule has 3 rings (SSSR count). The highest BCUT2D eigenvalue weighted by Crippen LogP contribution is 2.36. The van der Waals surface area contributed by atoms with Gasteiger partial charge in [-0.15, -0.1) is 0 Å². The van der Waals surface area contributed by atoms with Crippen LogP contribution >= 0.6 is 0 Å². The van der Waals surface area contributed by atoms with E-state index < -0.39 is 0 Å². The molecule has 0 unspecified atom stereocenters. The van der Waals surface area contributed by atoms with Crippen LogP contribution in [0.3, 0.4) is 0 Å². The Morgan fingerprint density at radius 2 is 2.05 bits per heavy atom. The predicted octanol–water partition coefficient (Wildman–Crippen LogP) is 1.28. The Hall–Kier alpha value is -2.34. The average Bonchev–Trinajstić information content (AvgIpc) is 2.45. The van der Waals surface area contributed by atoms with Crippen LogP contribution < -0.4 is 21.7 Å². The molecule has 2 aromatic rings. The fourth-order valence-corrected chi connectivity index (χ4v) is 2.77.